The van der Waals surface area contributed by atoms with Crippen LogP contribution in [0.1, 0.15) is 30.7 Å². The van der Waals surface area contributed by atoms with E-state index in [9.17, 15) is 0 Å². The van der Waals surface area contributed by atoms with Crippen molar-refractivity contribution in [1.29, 1.82) is 0 Å². The van der Waals surface area contributed by atoms with Gasteiger partial charge in [-0.3, -0.25) is 0 Å². The molecule has 2 atom stereocenters. The third-order valence-corrected chi connectivity index (χ3v) is 5.86. The normalized spacial score (nSPS) is 24.2. The third-order valence-electron chi connectivity index (χ3n) is 5.06. The van der Waals surface area contributed by atoms with Crippen molar-refractivity contribution in [3.63, 3.8) is 0 Å². The number of rotatable bonds is 5. The van der Waals surface area contributed by atoms with Crippen molar-refractivity contribution in [2.24, 2.45) is 5.92 Å². The van der Waals surface area contributed by atoms with Crippen LogP contribution in [0.2, 0.25) is 0 Å². The quantitative estimate of drug-likeness (QED) is 0.856. The molecule has 25 heavy (non-hydrogen) atoms. The van der Waals surface area contributed by atoms with Crippen LogP contribution in [0, 0.1) is 5.92 Å². The van der Waals surface area contributed by atoms with Gasteiger partial charge in [0.1, 0.15) is 5.82 Å². The van der Waals surface area contributed by atoms with Gasteiger partial charge in [-0.05, 0) is 44.2 Å². The van der Waals surface area contributed by atoms with Gasteiger partial charge in [0.2, 0.25) is 5.95 Å². The molecular weight excluding hydrogens is 332 g/mol. The Morgan fingerprint density at radius 2 is 2.24 bits per heavy atom. The lowest BCUT2D eigenvalue weighted by molar-refractivity contribution is 0.410. The highest BCUT2D eigenvalue weighted by atomic mass is 32.1. The molecule has 7 heteroatoms. The van der Waals surface area contributed by atoms with Gasteiger partial charge < -0.3 is 15.5 Å². The molecule has 0 spiro atoms. The molecule has 2 aromatic rings. The smallest absolute Gasteiger partial charge is 0.224 e. The number of hydrogen-bond donors (Lipinski definition) is 2. The van der Waals surface area contributed by atoms with Crippen LogP contribution in [0.4, 0.5) is 11.8 Å². The third kappa shape index (κ3) is 4.46. The maximum Gasteiger partial charge on any atom is 0.224 e. The summed E-state index contributed by atoms with van der Waals surface area (Å²) in [6.07, 6.45) is 9.75. The molecule has 2 unspecified atom stereocenters. The lowest BCUT2D eigenvalue weighted by Crippen LogP contribution is -2.39. The molecule has 0 amide bonds. The first-order valence-corrected chi connectivity index (χ1v) is 10.2. The first kappa shape index (κ1) is 16.7. The highest BCUT2D eigenvalue weighted by Crippen LogP contribution is 2.25. The van der Waals surface area contributed by atoms with Crippen LogP contribution in [0.25, 0.3) is 0 Å². The fraction of sp³-hybridized carbons (Fsp3) is 0.611. The van der Waals surface area contributed by atoms with Crippen molar-refractivity contribution < 1.29 is 0 Å². The SMILES string of the molecule is c1cc(N2CCCC(Cc3nccs3)C2)nc(NC2CCCNC2)n1. The molecule has 2 fully saturated rings. The molecule has 0 radical (unpaired) electrons. The second-order valence-corrected chi connectivity index (χ2v) is 7.99. The van der Waals surface area contributed by atoms with E-state index in [0.29, 0.717) is 12.0 Å². The Morgan fingerprint density at radius 1 is 1.24 bits per heavy atom. The largest absolute Gasteiger partial charge is 0.356 e. The summed E-state index contributed by atoms with van der Waals surface area (Å²) in [5.41, 5.74) is 0. The average molecular weight is 359 g/mol. The first-order valence-electron chi connectivity index (χ1n) is 9.30. The number of nitrogens with zero attached hydrogens (tertiary/aromatic N) is 4. The monoisotopic (exact) mass is 358 g/mol. The molecular formula is C18H26N6S. The summed E-state index contributed by atoms with van der Waals surface area (Å²) in [7, 11) is 0. The second-order valence-electron chi connectivity index (χ2n) is 7.01. The summed E-state index contributed by atoms with van der Waals surface area (Å²) in [4.78, 5) is 16.1. The molecule has 2 saturated heterocycles. The second kappa shape index (κ2) is 8.10. The van der Waals surface area contributed by atoms with E-state index >= 15 is 0 Å². The number of anilines is 2. The van der Waals surface area contributed by atoms with Gasteiger partial charge in [-0.15, -0.1) is 11.3 Å². The number of aromatic nitrogens is 3. The van der Waals surface area contributed by atoms with Gasteiger partial charge in [-0.2, -0.15) is 4.98 Å². The molecule has 2 aliphatic heterocycles. The van der Waals surface area contributed by atoms with Crippen LogP contribution in [0.5, 0.6) is 0 Å². The summed E-state index contributed by atoms with van der Waals surface area (Å²) in [6.45, 7) is 4.25. The summed E-state index contributed by atoms with van der Waals surface area (Å²) < 4.78 is 0. The highest BCUT2D eigenvalue weighted by Gasteiger charge is 2.22. The minimum Gasteiger partial charge on any atom is -0.356 e. The summed E-state index contributed by atoms with van der Waals surface area (Å²) >= 11 is 1.76. The van der Waals surface area contributed by atoms with Crippen molar-refractivity contribution >= 4 is 23.1 Å². The molecule has 4 heterocycles. The minimum absolute atomic E-state index is 0.433. The molecule has 0 bridgehead atoms. The van der Waals surface area contributed by atoms with E-state index in [1.165, 1.54) is 30.7 Å². The summed E-state index contributed by atoms with van der Waals surface area (Å²) in [5, 5.41) is 10.2. The van der Waals surface area contributed by atoms with Crippen molar-refractivity contribution in [1.82, 2.24) is 20.3 Å². The predicted molar refractivity (Wildman–Crippen MR) is 102 cm³/mol. The molecule has 0 aromatic carbocycles. The topological polar surface area (TPSA) is 66.0 Å². The molecule has 0 saturated carbocycles. The Kier molecular flexibility index (Phi) is 5.42. The number of nitrogens with one attached hydrogen (secondary N) is 2. The molecule has 4 rings (SSSR count). The molecule has 2 N–H and O–H groups in total. The predicted octanol–water partition coefficient (Wildman–Crippen LogP) is 2.56. The van der Waals surface area contributed by atoms with Gasteiger partial charge in [0.05, 0.1) is 5.01 Å². The Bertz CT molecular complexity index is 655. The lowest BCUT2D eigenvalue weighted by atomic mass is 9.95. The van der Waals surface area contributed by atoms with Crippen LogP contribution in [0.15, 0.2) is 23.8 Å². The van der Waals surface area contributed by atoms with Gasteiger partial charge >= 0.3 is 0 Å². The molecule has 2 aliphatic rings. The van der Waals surface area contributed by atoms with E-state index in [-0.39, 0.29) is 0 Å². The molecule has 0 aliphatic carbocycles. The Morgan fingerprint density at radius 3 is 3.08 bits per heavy atom. The summed E-state index contributed by atoms with van der Waals surface area (Å²) in [6, 6.07) is 2.47. The molecule has 6 nitrogen and oxygen atoms in total. The van der Waals surface area contributed by atoms with Gasteiger partial charge in [-0.25, -0.2) is 9.97 Å². The highest BCUT2D eigenvalue weighted by molar-refractivity contribution is 7.09. The van der Waals surface area contributed by atoms with Crippen molar-refractivity contribution in [3.8, 4) is 0 Å². The van der Waals surface area contributed by atoms with Gasteiger partial charge in [0.15, 0.2) is 0 Å². The maximum absolute atomic E-state index is 4.78. The Balaban J connectivity index is 1.39. The van der Waals surface area contributed by atoms with Gasteiger partial charge in [-0.1, -0.05) is 0 Å². The van der Waals surface area contributed by atoms with E-state index in [4.69, 9.17) is 4.98 Å². The van der Waals surface area contributed by atoms with Gasteiger partial charge in [0.25, 0.3) is 0 Å². The minimum atomic E-state index is 0.433. The Hall–Kier alpha value is -1.73. The van der Waals surface area contributed by atoms with E-state index in [1.54, 1.807) is 11.3 Å². The van der Waals surface area contributed by atoms with Crippen LogP contribution in [0.3, 0.4) is 0 Å². The van der Waals surface area contributed by atoms with Crippen molar-refractivity contribution in [2.45, 2.75) is 38.1 Å². The van der Waals surface area contributed by atoms with Crippen molar-refractivity contribution in [2.75, 3.05) is 36.4 Å². The molecule has 134 valence electrons. The number of hydrogen-bond acceptors (Lipinski definition) is 7. The lowest BCUT2D eigenvalue weighted by Gasteiger charge is -2.33. The van der Waals surface area contributed by atoms with Crippen LogP contribution < -0.4 is 15.5 Å². The fourth-order valence-corrected chi connectivity index (χ4v) is 4.53. The number of piperidine rings is 2. The van der Waals surface area contributed by atoms with Crippen LogP contribution in [-0.2, 0) is 6.42 Å². The standard InChI is InChI=1S/C18H26N6S/c1-4-15(12-19-6-1)22-18-21-7-5-16(23-18)24-9-2-3-14(13-24)11-17-20-8-10-25-17/h5,7-8,10,14-15,19H,1-4,6,9,11-13H2,(H,21,22,23). The average Bonchev–Trinajstić information content (AvgIpc) is 3.16. The maximum atomic E-state index is 4.78. The Labute approximate surface area is 153 Å². The zero-order valence-corrected chi connectivity index (χ0v) is 15.3. The fourth-order valence-electron chi connectivity index (χ4n) is 3.79. The zero-order valence-electron chi connectivity index (χ0n) is 14.5. The van der Waals surface area contributed by atoms with E-state index in [2.05, 4.69) is 30.9 Å². The summed E-state index contributed by atoms with van der Waals surface area (Å²) in [5.74, 6) is 2.46. The number of thiazole rings is 1. The van der Waals surface area contributed by atoms with Crippen LogP contribution in [-0.4, -0.2) is 47.2 Å². The van der Waals surface area contributed by atoms with Gasteiger partial charge in [0, 0.05) is 49.9 Å². The molecule has 2 aromatic heterocycles. The van der Waals surface area contributed by atoms with E-state index in [0.717, 1.165) is 44.4 Å². The zero-order chi connectivity index (χ0) is 16.9. The van der Waals surface area contributed by atoms with Crippen molar-refractivity contribution in [3.05, 3.63) is 28.8 Å². The van der Waals surface area contributed by atoms with E-state index < -0.39 is 0 Å². The van der Waals surface area contributed by atoms with Crippen LogP contribution >= 0.6 is 11.3 Å². The van der Waals surface area contributed by atoms with E-state index in [1.807, 2.05) is 18.5 Å². The first-order chi connectivity index (χ1) is 12.4.